The van der Waals surface area contributed by atoms with Crippen LogP contribution in [0.3, 0.4) is 0 Å². The molecule has 0 aromatic rings. The van der Waals surface area contributed by atoms with Gasteiger partial charge in [0.15, 0.2) is 0 Å². The maximum Gasteiger partial charge on any atom is 0.210 e. The molecule has 0 N–H and O–H groups in total. The summed E-state index contributed by atoms with van der Waals surface area (Å²) in [7, 11) is 0. The molecule has 59 valence electrons. The van der Waals surface area contributed by atoms with Crippen LogP contribution in [0.2, 0.25) is 0 Å². The van der Waals surface area contributed by atoms with Crippen molar-refractivity contribution in [2.24, 2.45) is 11.3 Å². The molecular formula is C10H13O. The molecule has 0 saturated carbocycles. The summed E-state index contributed by atoms with van der Waals surface area (Å²) in [5.41, 5.74) is 1.21. The van der Waals surface area contributed by atoms with Crippen molar-refractivity contribution in [2.75, 3.05) is 0 Å². The van der Waals surface area contributed by atoms with Gasteiger partial charge in [-0.1, -0.05) is 37.6 Å². The Morgan fingerprint density at radius 2 is 2.18 bits per heavy atom. The first kappa shape index (κ1) is 8.25. The van der Waals surface area contributed by atoms with Crippen LogP contribution in [0, 0.1) is 11.3 Å². The van der Waals surface area contributed by atoms with Gasteiger partial charge in [-0.15, -0.1) is 0 Å². The Hall–Kier alpha value is -0.850. The Kier molecular flexibility index (Phi) is 1.99. The molecule has 0 fully saturated rings. The Morgan fingerprint density at radius 1 is 1.55 bits per heavy atom. The molecule has 0 spiro atoms. The van der Waals surface area contributed by atoms with Crippen LogP contribution in [0.5, 0.6) is 0 Å². The molecule has 1 radical (unpaired) electrons. The molecule has 1 aliphatic carbocycles. The van der Waals surface area contributed by atoms with Gasteiger partial charge in [0.1, 0.15) is 0 Å². The highest BCUT2D eigenvalue weighted by Gasteiger charge is 2.19. The Labute approximate surface area is 67.8 Å². The van der Waals surface area contributed by atoms with E-state index in [1.807, 2.05) is 19.3 Å². The molecule has 1 aliphatic rings. The van der Waals surface area contributed by atoms with E-state index in [0.717, 1.165) is 5.57 Å². The molecule has 1 nitrogen and oxygen atoms in total. The minimum absolute atomic E-state index is 0.108. The SMILES string of the molecule is CC1=CC(C)(C)C=CC1[C]=O. The standard InChI is InChI=1S/C10H13O/c1-8-6-10(2,3)5-4-9(8)7-11/h4-6,9H,1-3H3. The normalized spacial score (nSPS) is 27.9. The summed E-state index contributed by atoms with van der Waals surface area (Å²) in [6.07, 6.45) is 8.07. The van der Waals surface area contributed by atoms with Gasteiger partial charge < -0.3 is 0 Å². The van der Waals surface area contributed by atoms with Gasteiger partial charge in [0.25, 0.3) is 0 Å². The molecule has 1 atom stereocenters. The van der Waals surface area contributed by atoms with Crippen LogP contribution >= 0.6 is 0 Å². The molecule has 1 rings (SSSR count). The van der Waals surface area contributed by atoms with Crippen molar-refractivity contribution >= 4 is 6.29 Å². The minimum Gasteiger partial charge on any atom is -0.290 e. The molecule has 0 heterocycles. The zero-order valence-electron chi connectivity index (χ0n) is 7.22. The van der Waals surface area contributed by atoms with E-state index in [1.165, 1.54) is 0 Å². The van der Waals surface area contributed by atoms with E-state index in [4.69, 9.17) is 0 Å². The molecule has 0 aromatic carbocycles. The Morgan fingerprint density at radius 3 is 2.64 bits per heavy atom. The Bertz CT molecular complexity index is 221. The van der Waals surface area contributed by atoms with Crippen molar-refractivity contribution in [1.82, 2.24) is 0 Å². The Balaban J connectivity index is 2.88. The van der Waals surface area contributed by atoms with Crippen molar-refractivity contribution in [3.05, 3.63) is 23.8 Å². The maximum atomic E-state index is 10.4. The van der Waals surface area contributed by atoms with Gasteiger partial charge in [-0.25, -0.2) is 0 Å². The molecule has 0 aromatic heterocycles. The van der Waals surface area contributed by atoms with Crippen LogP contribution in [0.4, 0.5) is 0 Å². The number of carbonyl (C=O) groups excluding carboxylic acids is 1. The third kappa shape index (κ3) is 1.79. The van der Waals surface area contributed by atoms with E-state index >= 15 is 0 Å². The molecule has 1 unspecified atom stereocenters. The zero-order valence-corrected chi connectivity index (χ0v) is 7.22. The summed E-state index contributed by atoms with van der Waals surface area (Å²) in [6.45, 7) is 6.21. The lowest BCUT2D eigenvalue weighted by atomic mass is 9.82. The largest absolute Gasteiger partial charge is 0.290 e. The first-order valence-corrected chi connectivity index (χ1v) is 3.81. The van der Waals surface area contributed by atoms with Crippen LogP contribution in [-0.4, -0.2) is 6.29 Å². The smallest absolute Gasteiger partial charge is 0.210 e. The van der Waals surface area contributed by atoms with E-state index in [1.54, 1.807) is 0 Å². The predicted molar refractivity (Wildman–Crippen MR) is 45.9 cm³/mol. The van der Waals surface area contributed by atoms with Crippen LogP contribution in [0.25, 0.3) is 0 Å². The van der Waals surface area contributed by atoms with Crippen molar-refractivity contribution in [2.45, 2.75) is 20.8 Å². The topological polar surface area (TPSA) is 17.1 Å². The van der Waals surface area contributed by atoms with E-state index in [2.05, 4.69) is 26.0 Å². The van der Waals surface area contributed by atoms with Gasteiger partial charge in [0.05, 0.1) is 5.92 Å². The van der Waals surface area contributed by atoms with Crippen molar-refractivity contribution in [3.63, 3.8) is 0 Å². The highest BCUT2D eigenvalue weighted by molar-refractivity contribution is 5.63. The monoisotopic (exact) mass is 149 g/mol. The molecule has 0 amide bonds. The van der Waals surface area contributed by atoms with Crippen LogP contribution in [0.1, 0.15) is 20.8 Å². The summed E-state index contributed by atoms with van der Waals surface area (Å²) in [4.78, 5) is 10.4. The fraction of sp³-hybridized carbons (Fsp3) is 0.500. The van der Waals surface area contributed by atoms with E-state index in [-0.39, 0.29) is 11.3 Å². The summed E-state index contributed by atoms with van der Waals surface area (Å²) >= 11 is 0. The van der Waals surface area contributed by atoms with E-state index < -0.39 is 0 Å². The molecule has 11 heavy (non-hydrogen) atoms. The van der Waals surface area contributed by atoms with Gasteiger partial charge in [-0.3, -0.25) is 4.79 Å². The minimum atomic E-state index is -0.108. The fourth-order valence-corrected chi connectivity index (χ4v) is 1.35. The predicted octanol–water partition coefficient (Wildman–Crippen LogP) is 2.25. The second-order valence-corrected chi connectivity index (χ2v) is 3.66. The lowest BCUT2D eigenvalue weighted by Gasteiger charge is -2.22. The first-order chi connectivity index (χ1) is 5.05. The van der Waals surface area contributed by atoms with E-state index in [9.17, 15) is 4.79 Å². The molecule has 0 saturated heterocycles. The maximum absolute atomic E-state index is 10.4. The number of allylic oxidation sites excluding steroid dienone is 4. The van der Waals surface area contributed by atoms with Gasteiger partial charge >= 0.3 is 0 Å². The highest BCUT2D eigenvalue weighted by Crippen LogP contribution is 2.29. The summed E-state index contributed by atoms with van der Waals surface area (Å²) in [6, 6.07) is 0. The average Bonchev–Trinajstić information content (AvgIpc) is 1.86. The van der Waals surface area contributed by atoms with Crippen LogP contribution in [-0.2, 0) is 4.79 Å². The van der Waals surface area contributed by atoms with Gasteiger partial charge in [0.2, 0.25) is 6.29 Å². The highest BCUT2D eigenvalue weighted by atomic mass is 16.1. The van der Waals surface area contributed by atoms with Gasteiger partial charge in [0, 0.05) is 5.41 Å². The first-order valence-electron chi connectivity index (χ1n) is 3.81. The van der Waals surface area contributed by atoms with Gasteiger partial charge in [-0.05, 0) is 6.92 Å². The fourth-order valence-electron chi connectivity index (χ4n) is 1.35. The lowest BCUT2D eigenvalue weighted by molar-refractivity contribution is 0.538. The zero-order chi connectivity index (χ0) is 8.48. The number of hydrogen-bond donors (Lipinski definition) is 0. The van der Waals surface area contributed by atoms with Crippen molar-refractivity contribution < 1.29 is 4.79 Å². The quantitative estimate of drug-likeness (QED) is 0.522. The number of hydrogen-bond acceptors (Lipinski definition) is 1. The lowest BCUT2D eigenvalue weighted by Crippen LogP contribution is -2.13. The molecule has 0 aliphatic heterocycles. The van der Waals surface area contributed by atoms with Crippen molar-refractivity contribution in [1.29, 1.82) is 0 Å². The molecule has 1 heteroatoms. The van der Waals surface area contributed by atoms with Crippen LogP contribution < -0.4 is 0 Å². The summed E-state index contributed by atoms with van der Waals surface area (Å²) in [5, 5.41) is 0. The van der Waals surface area contributed by atoms with Gasteiger partial charge in [-0.2, -0.15) is 0 Å². The summed E-state index contributed by atoms with van der Waals surface area (Å²) in [5.74, 6) is -0.108. The molecule has 0 bridgehead atoms. The van der Waals surface area contributed by atoms with Crippen LogP contribution in [0.15, 0.2) is 23.8 Å². The molecular weight excluding hydrogens is 136 g/mol. The van der Waals surface area contributed by atoms with Crippen molar-refractivity contribution in [3.8, 4) is 0 Å². The second-order valence-electron chi connectivity index (χ2n) is 3.66. The number of rotatable bonds is 1. The third-order valence-corrected chi connectivity index (χ3v) is 1.94. The summed E-state index contributed by atoms with van der Waals surface area (Å²) < 4.78 is 0. The second kappa shape index (κ2) is 2.65. The average molecular weight is 149 g/mol. The third-order valence-electron chi connectivity index (χ3n) is 1.94. The van der Waals surface area contributed by atoms with E-state index in [0.29, 0.717) is 0 Å².